The Bertz CT molecular complexity index is 126. The largest absolute Gasteiger partial charge is 0.103 e. The minimum atomic E-state index is 1.03. The van der Waals surface area contributed by atoms with Gasteiger partial charge >= 0.3 is 0 Å². The summed E-state index contributed by atoms with van der Waals surface area (Å²) in [6, 6.07) is 0. The molecule has 0 aromatic rings. The predicted octanol–water partition coefficient (Wildman–Crippen LogP) is 4.17. The number of hydrogen-bond donors (Lipinski definition) is 0. The lowest BCUT2D eigenvalue weighted by atomic mass is 9.97. The van der Waals surface area contributed by atoms with E-state index in [1.165, 1.54) is 44.9 Å². The number of rotatable bonds is 5. The molecule has 0 amide bonds. The van der Waals surface area contributed by atoms with Crippen LogP contribution in [0.5, 0.6) is 0 Å². The van der Waals surface area contributed by atoms with Crippen LogP contribution in [-0.2, 0) is 0 Å². The third-order valence-electron chi connectivity index (χ3n) is 3.13. The highest BCUT2D eigenvalue weighted by atomic mass is 14.3. The van der Waals surface area contributed by atoms with E-state index in [0.29, 0.717) is 0 Å². The molecule has 70 valence electrons. The molecule has 1 saturated carbocycles. The van der Waals surface area contributed by atoms with Gasteiger partial charge in [-0.05, 0) is 31.1 Å². The first kappa shape index (κ1) is 9.83. The summed E-state index contributed by atoms with van der Waals surface area (Å²) in [6.07, 6.45) is 12.0. The van der Waals surface area contributed by atoms with Crippen molar-refractivity contribution in [3.8, 4) is 0 Å². The van der Waals surface area contributed by atoms with Crippen molar-refractivity contribution in [3.05, 3.63) is 12.7 Å². The van der Waals surface area contributed by atoms with Crippen molar-refractivity contribution in [2.75, 3.05) is 0 Å². The number of hydrogen-bond acceptors (Lipinski definition) is 0. The van der Waals surface area contributed by atoms with E-state index in [1.807, 2.05) is 0 Å². The summed E-state index contributed by atoms with van der Waals surface area (Å²) in [4.78, 5) is 0. The molecule has 1 rings (SSSR count). The summed E-state index contributed by atoms with van der Waals surface area (Å²) < 4.78 is 0. The summed E-state index contributed by atoms with van der Waals surface area (Å²) in [5.74, 6) is 2.09. The predicted molar refractivity (Wildman–Crippen MR) is 55.2 cm³/mol. The standard InChI is InChI=1S/C12H22/c1-3-5-7-12-9-8-11(10-12)6-4-2/h3,11-12H,1,4-10H2,2H3. The van der Waals surface area contributed by atoms with E-state index < -0.39 is 0 Å². The summed E-state index contributed by atoms with van der Waals surface area (Å²) in [6.45, 7) is 6.08. The molecule has 0 aromatic heterocycles. The molecular formula is C12H22. The smallest absolute Gasteiger partial charge is 0.0351 e. The van der Waals surface area contributed by atoms with Gasteiger partial charge in [0.1, 0.15) is 0 Å². The molecule has 1 aliphatic rings. The molecule has 0 spiro atoms. The zero-order valence-electron chi connectivity index (χ0n) is 8.39. The first-order chi connectivity index (χ1) is 5.86. The fourth-order valence-electron chi connectivity index (χ4n) is 2.46. The zero-order chi connectivity index (χ0) is 8.81. The Balaban J connectivity index is 2.12. The van der Waals surface area contributed by atoms with E-state index in [1.54, 1.807) is 0 Å². The highest BCUT2D eigenvalue weighted by Crippen LogP contribution is 2.36. The second-order valence-corrected chi connectivity index (χ2v) is 4.20. The molecule has 12 heavy (non-hydrogen) atoms. The van der Waals surface area contributed by atoms with Crippen LogP contribution in [0.1, 0.15) is 51.9 Å². The van der Waals surface area contributed by atoms with Crippen LogP contribution in [0.4, 0.5) is 0 Å². The summed E-state index contributed by atoms with van der Waals surface area (Å²) in [5, 5.41) is 0. The van der Waals surface area contributed by atoms with Crippen LogP contribution in [0.2, 0.25) is 0 Å². The maximum atomic E-state index is 3.78. The minimum Gasteiger partial charge on any atom is -0.103 e. The fraction of sp³-hybridized carbons (Fsp3) is 0.833. The maximum Gasteiger partial charge on any atom is -0.0351 e. The molecule has 0 radical (unpaired) electrons. The normalized spacial score (nSPS) is 29.1. The van der Waals surface area contributed by atoms with Gasteiger partial charge in [-0.2, -0.15) is 0 Å². The van der Waals surface area contributed by atoms with Crippen LogP contribution in [-0.4, -0.2) is 0 Å². The Labute approximate surface area is 77.1 Å². The van der Waals surface area contributed by atoms with Crippen LogP contribution < -0.4 is 0 Å². The van der Waals surface area contributed by atoms with Crippen LogP contribution >= 0.6 is 0 Å². The van der Waals surface area contributed by atoms with Gasteiger partial charge < -0.3 is 0 Å². The third-order valence-corrected chi connectivity index (χ3v) is 3.13. The molecule has 0 nitrogen and oxygen atoms in total. The lowest BCUT2D eigenvalue weighted by Crippen LogP contribution is -1.95. The Morgan fingerprint density at radius 3 is 2.50 bits per heavy atom. The molecule has 0 bridgehead atoms. The van der Waals surface area contributed by atoms with Gasteiger partial charge in [-0.15, -0.1) is 6.58 Å². The average Bonchev–Trinajstić information content (AvgIpc) is 2.50. The van der Waals surface area contributed by atoms with Crippen LogP contribution in [0.15, 0.2) is 12.7 Å². The van der Waals surface area contributed by atoms with Crippen molar-refractivity contribution in [1.29, 1.82) is 0 Å². The first-order valence-electron chi connectivity index (χ1n) is 5.47. The van der Waals surface area contributed by atoms with E-state index >= 15 is 0 Å². The maximum absolute atomic E-state index is 3.78. The molecular weight excluding hydrogens is 144 g/mol. The van der Waals surface area contributed by atoms with E-state index in [4.69, 9.17) is 0 Å². The third kappa shape index (κ3) is 3.00. The van der Waals surface area contributed by atoms with Crippen molar-refractivity contribution in [2.45, 2.75) is 51.9 Å². The van der Waals surface area contributed by atoms with Gasteiger partial charge in [0.05, 0.1) is 0 Å². The summed E-state index contributed by atoms with van der Waals surface area (Å²) in [5.41, 5.74) is 0. The van der Waals surface area contributed by atoms with Crippen molar-refractivity contribution < 1.29 is 0 Å². The Morgan fingerprint density at radius 2 is 1.92 bits per heavy atom. The molecule has 0 heterocycles. The van der Waals surface area contributed by atoms with Crippen molar-refractivity contribution in [3.63, 3.8) is 0 Å². The van der Waals surface area contributed by atoms with Gasteiger partial charge in [-0.1, -0.05) is 38.7 Å². The van der Waals surface area contributed by atoms with Gasteiger partial charge in [0.2, 0.25) is 0 Å². The topological polar surface area (TPSA) is 0 Å². The highest BCUT2D eigenvalue weighted by Gasteiger charge is 2.22. The molecule has 2 unspecified atom stereocenters. The van der Waals surface area contributed by atoms with Gasteiger partial charge in [0.15, 0.2) is 0 Å². The molecule has 0 aromatic carbocycles. The lowest BCUT2D eigenvalue weighted by molar-refractivity contribution is 0.445. The SMILES string of the molecule is C=CCCC1CCC(CCC)C1. The quantitative estimate of drug-likeness (QED) is 0.538. The molecule has 1 aliphatic carbocycles. The zero-order valence-corrected chi connectivity index (χ0v) is 8.39. The summed E-state index contributed by atoms with van der Waals surface area (Å²) in [7, 11) is 0. The van der Waals surface area contributed by atoms with Gasteiger partial charge in [0.25, 0.3) is 0 Å². The van der Waals surface area contributed by atoms with Gasteiger partial charge in [-0.3, -0.25) is 0 Å². The highest BCUT2D eigenvalue weighted by molar-refractivity contribution is 4.78. The molecule has 0 aliphatic heterocycles. The molecule has 0 heteroatoms. The summed E-state index contributed by atoms with van der Waals surface area (Å²) >= 11 is 0. The van der Waals surface area contributed by atoms with Crippen LogP contribution in [0.25, 0.3) is 0 Å². The molecule has 2 atom stereocenters. The Hall–Kier alpha value is -0.260. The van der Waals surface area contributed by atoms with Gasteiger partial charge in [0, 0.05) is 0 Å². The second-order valence-electron chi connectivity index (χ2n) is 4.20. The Morgan fingerprint density at radius 1 is 1.25 bits per heavy atom. The average molecular weight is 166 g/mol. The minimum absolute atomic E-state index is 1.03. The molecule has 0 N–H and O–H groups in total. The van der Waals surface area contributed by atoms with Gasteiger partial charge in [-0.25, -0.2) is 0 Å². The van der Waals surface area contributed by atoms with Crippen LogP contribution in [0, 0.1) is 11.8 Å². The fourth-order valence-corrected chi connectivity index (χ4v) is 2.46. The van der Waals surface area contributed by atoms with E-state index in [-0.39, 0.29) is 0 Å². The van der Waals surface area contributed by atoms with E-state index in [0.717, 1.165) is 11.8 Å². The van der Waals surface area contributed by atoms with Crippen molar-refractivity contribution in [2.24, 2.45) is 11.8 Å². The number of allylic oxidation sites excluding steroid dienone is 1. The van der Waals surface area contributed by atoms with Crippen molar-refractivity contribution in [1.82, 2.24) is 0 Å². The lowest BCUT2D eigenvalue weighted by Gasteiger charge is -2.08. The monoisotopic (exact) mass is 166 g/mol. The second kappa shape index (κ2) is 5.40. The van der Waals surface area contributed by atoms with E-state index in [9.17, 15) is 0 Å². The van der Waals surface area contributed by atoms with Crippen molar-refractivity contribution >= 4 is 0 Å². The van der Waals surface area contributed by atoms with Crippen LogP contribution in [0.3, 0.4) is 0 Å². The first-order valence-corrected chi connectivity index (χ1v) is 5.47. The Kier molecular flexibility index (Phi) is 4.42. The van der Waals surface area contributed by atoms with E-state index in [2.05, 4.69) is 19.6 Å². The molecule has 1 fully saturated rings. The molecule has 0 saturated heterocycles.